The highest BCUT2D eigenvalue weighted by atomic mass is 16.3. The van der Waals surface area contributed by atoms with E-state index in [0.717, 1.165) is 25.7 Å². The fourth-order valence-electron chi connectivity index (χ4n) is 3.32. The number of hydrogen-bond acceptors (Lipinski definition) is 4. The number of nitrogens with one attached hydrogen (secondary N) is 1. The van der Waals surface area contributed by atoms with E-state index in [-0.39, 0.29) is 23.4 Å². The fraction of sp³-hybridized carbons (Fsp3) is 0.750. The average Bonchev–Trinajstić information content (AvgIpc) is 3.07. The molecule has 1 aromatic heterocycles. The number of hydrogen-bond donors (Lipinski definition) is 1. The average molecular weight is 364 g/mol. The Morgan fingerprint density at radius 1 is 1.19 bits per heavy atom. The smallest absolute Gasteiger partial charge is 0.273 e. The molecule has 0 aromatic carbocycles. The molecule has 0 radical (unpaired) electrons. The van der Waals surface area contributed by atoms with Crippen molar-refractivity contribution in [2.75, 3.05) is 13.1 Å². The second-order valence-electron chi connectivity index (χ2n) is 8.18. The maximum Gasteiger partial charge on any atom is 0.273 e. The number of carbonyl (C=O) groups excluding carboxylic acids is 2. The highest BCUT2D eigenvalue weighted by Crippen LogP contribution is 2.26. The summed E-state index contributed by atoms with van der Waals surface area (Å²) in [6.45, 7) is 9.87. The van der Waals surface area contributed by atoms with Crippen molar-refractivity contribution in [3.63, 3.8) is 0 Å². The Balaban J connectivity index is 2.01. The third-order valence-electron chi connectivity index (χ3n) is 4.63. The van der Waals surface area contributed by atoms with Crippen LogP contribution in [0.1, 0.15) is 76.2 Å². The van der Waals surface area contributed by atoms with Crippen LogP contribution < -0.4 is 5.32 Å². The molecule has 2 amide bonds. The van der Waals surface area contributed by atoms with Gasteiger partial charge in [-0.1, -0.05) is 47.0 Å². The highest BCUT2D eigenvalue weighted by Gasteiger charge is 2.27. The van der Waals surface area contributed by atoms with Gasteiger partial charge in [-0.05, 0) is 24.7 Å². The number of rotatable bonds is 8. The molecule has 1 fully saturated rings. The van der Waals surface area contributed by atoms with Gasteiger partial charge in [0.1, 0.15) is 6.26 Å². The van der Waals surface area contributed by atoms with Crippen LogP contribution in [-0.4, -0.2) is 34.8 Å². The van der Waals surface area contributed by atoms with E-state index in [9.17, 15) is 9.59 Å². The summed E-state index contributed by atoms with van der Waals surface area (Å²) in [6, 6.07) is 0. The molecule has 0 unspecified atom stereocenters. The molecule has 1 N–H and O–H groups in total. The van der Waals surface area contributed by atoms with Crippen molar-refractivity contribution in [3.05, 3.63) is 17.8 Å². The van der Waals surface area contributed by atoms with E-state index in [2.05, 4.69) is 24.1 Å². The van der Waals surface area contributed by atoms with Gasteiger partial charge in [-0.25, -0.2) is 4.98 Å². The van der Waals surface area contributed by atoms with E-state index in [1.807, 2.05) is 18.7 Å². The zero-order chi connectivity index (χ0) is 19.1. The first-order valence-electron chi connectivity index (χ1n) is 9.88. The van der Waals surface area contributed by atoms with E-state index in [1.54, 1.807) is 0 Å². The predicted octanol–water partition coefficient (Wildman–Crippen LogP) is 3.63. The molecule has 0 atom stereocenters. The topological polar surface area (TPSA) is 75.4 Å². The molecular weight excluding hydrogens is 330 g/mol. The first kappa shape index (κ1) is 20.5. The van der Waals surface area contributed by atoms with Crippen LogP contribution >= 0.6 is 0 Å². The van der Waals surface area contributed by atoms with Crippen molar-refractivity contribution in [2.24, 2.45) is 17.8 Å². The van der Waals surface area contributed by atoms with Crippen LogP contribution in [0.25, 0.3) is 0 Å². The van der Waals surface area contributed by atoms with Gasteiger partial charge in [0, 0.05) is 19.0 Å². The van der Waals surface area contributed by atoms with Gasteiger partial charge in [0.05, 0.1) is 6.54 Å². The second-order valence-corrected chi connectivity index (χ2v) is 8.18. The van der Waals surface area contributed by atoms with Crippen LogP contribution in [-0.2, 0) is 11.3 Å². The number of carbonyl (C=O) groups is 2. The van der Waals surface area contributed by atoms with Gasteiger partial charge in [-0.3, -0.25) is 9.59 Å². The van der Waals surface area contributed by atoms with Crippen LogP contribution in [0.2, 0.25) is 0 Å². The van der Waals surface area contributed by atoms with E-state index >= 15 is 0 Å². The van der Waals surface area contributed by atoms with E-state index in [0.29, 0.717) is 37.4 Å². The molecule has 1 aliphatic rings. The molecular formula is C20H33N3O3. The van der Waals surface area contributed by atoms with E-state index in [4.69, 9.17) is 4.42 Å². The summed E-state index contributed by atoms with van der Waals surface area (Å²) >= 11 is 0. The lowest BCUT2D eigenvalue weighted by Crippen LogP contribution is -2.39. The maximum atomic E-state index is 12.9. The van der Waals surface area contributed by atoms with Gasteiger partial charge in [0.25, 0.3) is 5.91 Å². The van der Waals surface area contributed by atoms with E-state index < -0.39 is 0 Å². The number of oxazole rings is 1. The van der Waals surface area contributed by atoms with Crippen LogP contribution in [0.15, 0.2) is 10.7 Å². The Labute approximate surface area is 156 Å². The van der Waals surface area contributed by atoms with Crippen LogP contribution in [0, 0.1) is 17.8 Å². The second kappa shape index (κ2) is 9.74. The normalized spacial score (nSPS) is 15.5. The van der Waals surface area contributed by atoms with Gasteiger partial charge in [-0.2, -0.15) is 0 Å². The summed E-state index contributed by atoms with van der Waals surface area (Å²) in [5.41, 5.74) is 0.273. The van der Waals surface area contributed by atoms with Crippen molar-refractivity contribution in [2.45, 2.75) is 66.3 Å². The first-order chi connectivity index (χ1) is 12.4. The molecule has 6 heteroatoms. The molecule has 1 aromatic rings. The Bertz CT molecular complexity index is 589. The molecule has 1 saturated carbocycles. The molecule has 6 nitrogen and oxygen atoms in total. The minimum atomic E-state index is -0.234. The minimum Gasteiger partial charge on any atom is -0.446 e. The van der Waals surface area contributed by atoms with E-state index in [1.165, 1.54) is 12.7 Å². The Morgan fingerprint density at radius 2 is 1.88 bits per heavy atom. The molecule has 1 aliphatic carbocycles. The maximum absolute atomic E-state index is 12.9. The number of aromatic nitrogens is 1. The summed E-state index contributed by atoms with van der Waals surface area (Å²) in [5, 5.41) is 2.83. The highest BCUT2D eigenvalue weighted by molar-refractivity contribution is 5.91. The summed E-state index contributed by atoms with van der Waals surface area (Å²) in [5.74, 6) is 1.24. The SMILES string of the molecule is CC(C)CNC(=O)c1coc(CN(CC(C)C)C(=O)C2CCCCC2)n1. The molecule has 26 heavy (non-hydrogen) atoms. The number of amides is 2. The molecule has 0 saturated heterocycles. The van der Waals surface area contributed by atoms with Crippen LogP contribution in [0.4, 0.5) is 0 Å². The third-order valence-corrected chi connectivity index (χ3v) is 4.63. The zero-order valence-corrected chi connectivity index (χ0v) is 16.6. The zero-order valence-electron chi connectivity index (χ0n) is 16.6. The van der Waals surface area contributed by atoms with Crippen molar-refractivity contribution in [3.8, 4) is 0 Å². The van der Waals surface area contributed by atoms with Gasteiger partial charge in [0.2, 0.25) is 11.8 Å². The molecule has 0 bridgehead atoms. The van der Waals surface area contributed by atoms with Crippen LogP contribution in [0.3, 0.4) is 0 Å². The van der Waals surface area contributed by atoms with Crippen LogP contribution in [0.5, 0.6) is 0 Å². The van der Waals surface area contributed by atoms with Gasteiger partial charge >= 0.3 is 0 Å². The largest absolute Gasteiger partial charge is 0.446 e. The third kappa shape index (κ3) is 6.15. The molecule has 2 rings (SSSR count). The molecule has 1 heterocycles. The van der Waals surface area contributed by atoms with Gasteiger partial charge in [0.15, 0.2) is 5.69 Å². The lowest BCUT2D eigenvalue weighted by atomic mass is 9.88. The lowest BCUT2D eigenvalue weighted by Gasteiger charge is -2.29. The first-order valence-corrected chi connectivity index (χ1v) is 9.88. The van der Waals surface area contributed by atoms with Gasteiger partial charge < -0.3 is 14.6 Å². The molecule has 146 valence electrons. The summed E-state index contributed by atoms with van der Waals surface area (Å²) in [6.07, 6.45) is 6.81. The Morgan fingerprint density at radius 3 is 2.50 bits per heavy atom. The van der Waals surface area contributed by atoms with Crippen molar-refractivity contribution >= 4 is 11.8 Å². The van der Waals surface area contributed by atoms with Gasteiger partial charge in [-0.15, -0.1) is 0 Å². The summed E-state index contributed by atoms with van der Waals surface area (Å²) in [7, 11) is 0. The van der Waals surface area contributed by atoms with Crippen molar-refractivity contribution in [1.82, 2.24) is 15.2 Å². The monoisotopic (exact) mass is 363 g/mol. The number of nitrogens with zero attached hydrogens (tertiary/aromatic N) is 2. The van der Waals surface area contributed by atoms with Crippen molar-refractivity contribution < 1.29 is 14.0 Å². The predicted molar refractivity (Wildman–Crippen MR) is 101 cm³/mol. The molecule has 0 spiro atoms. The minimum absolute atomic E-state index is 0.117. The quantitative estimate of drug-likeness (QED) is 0.765. The van der Waals surface area contributed by atoms with Crippen molar-refractivity contribution in [1.29, 1.82) is 0 Å². The lowest BCUT2D eigenvalue weighted by molar-refractivity contribution is -0.138. The summed E-state index contributed by atoms with van der Waals surface area (Å²) < 4.78 is 5.48. The standard InChI is InChI=1S/C20H33N3O3/c1-14(2)10-21-19(24)17-13-26-18(22-17)12-23(11-15(3)4)20(25)16-8-6-5-7-9-16/h13-16H,5-12H2,1-4H3,(H,21,24). The molecule has 0 aliphatic heterocycles. The summed E-state index contributed by atoms with van der Waals surface area (Å²) in [4.78, 5) is 31.2. The fourth-order valence-corrected chi connectivity index (χ4v) is 3.32. The Hall–Kier alpha value is -1.85. The Kier molecular flexibility index (Phi) is 7.66.